The molecule has 6 aromatic carbocycles. The highest BCUT2D eigenvalue weighted by molar-refractivity contribution is 7.09. The predicted octanol–water partition coefficient (Wildman–Crippen LogP) is 13.9. The van der Waals surface area contributed by atoms with Crippen LogP contribution in [0.5, 0.6) is 17.2 Å². The molecule has 7 aromatic heterocycles. The third-order valence-electron chi connectivity index (χ3n) is 13.6. The van der Waals surface area contributed by atoms with Gasteiger partial charge in [0.05, 0.1) is 63.4 Å². The highest BCUT2D eigenvalue weighted by atomic mass is 32.1. The van der Waals surface area contributed by atoms with E-state index < -0.39 is 5.97 Å². The first-order chi connectivity index (χ1) is 43.7. The largest absolute Gasteiger partial charge is 0.508 e. The van der Waals surface area contributed by atoms with E-state index in [1.54, 1.807) is 102 Å². The number of nitriles is 1. The van der Waals surface area contributed by atoms with Gasteiger partial charge in [0, 0.05) is 46.6 Å². The fraction of sp³-hybridized carbons (Fsp3) is 0.148. The zero-order valence-corrected chi connectivity index (χ0v) is 49.9. The van der Waals surface area contributed by atoms with Crippen molar-refractivity contribution < 1.29 is 34.4 Å². The van der Waals surface area contributed by atoms with Crippen LogP contribution in [0.1, 0.15) is 64.6 Å². The van der Waals surface area contributed by atoms with E-state index >= 15 is 0 Å². The van der Waals surface area contributed by atoms with Gasteiger partial charge in [-0.3, -0.25) is 9.59 Å². The molecule has 4 N–H and O–H groups in total. The third-order valence-corrected chi connectivity index (χ3v) is 15.2. The molecule has 13 rings (SSSR count). The first-order valence-corrected chi connectivity index (χ1v) is 29.2. The van der Waals surface area contributed by atoms with Crippen molar-refractivity contribution in [1.29, 1.82) is 5.26 Å². The van der Waals surface area contributed by atoms with Gasteiger partial charge in [-0.1, -0.05) is 31.2 Å². The van der Waals surface area contributed by atoms with Crippen LogP contribution in [0.4, 0.5) is 40.1 Å². The topological polar surface area (TPSA) is 368 Å². The third kappa shape index (κ3) is 12.5. The van der Waals surface area contributed by atoms with Gasteiger partial charge in [0.25, 0.3) is 5.91 Å². The van der Waals surface area contributed by atoms with E-state index in [-0.39, 0.29) is 59.3 Å². The van der Waals surface area contributed by atoms with E-state index in [9.17, 15) is 29.7 Å². The maximum absolute atomic E-state index is 13.0. The van der Waals surface area contributed by atoms with Crippen LogP contribution in [-0.4, -0.2) is 112 Å². The fourth-order valence-electron chi connectivity index (χ4n) is 9.03. The molecular weight excluding hydrogens is 1190 g/mol. The van der Waals surface area contributed by atoms with Crippen molar-refractivity contribution in [3.8, 4) is 23.3 Å². The van der Waals surface area contributed by atoms with E-state index in [0.29, 0.717) is 112 Å². The van der Waals surface area contributed by atoms with Gasteiger partial charge in [-0.25, -0.2) is 14.3 Å². The number of aromatic nitrogens is 11. The summed E-state index contributed by atoms with van der Waals surface area (Å²) in [5.74, 6) is -0.849. The number of nitrogens with one attached hydrogen (secondary N) is 1. The monoisotopic (exact) mass is 1240 g/mol. The van der Waals surface area contributed by atoms with Gasteiger partial charge in [-0.2, -0.15) is 34.5 Å². The molecule has 0 saturated carbocycles. The second-order valence-electron chi connectivity index (χ2n) is 19.4. The average Bonchev–Trinajstić information content (AvgIpc) is 2.41. The molecular formula is C61H48N20O7S2. The predicted molar refractivity (Wildman–Crippen MR) is 337 cm³/mol. The Morgan fingerprint density at radius 1 is 0.644 bits per heavy atom. The standard InChI is InChI=1S/C25H23N7O2.C20H17N7O4S.C16H8N6OS/c1-4-31(5-2)25(34)19-13-21(17-8-6-7-9-18(17)23(19)33)29-27-16-10-11-20-22(12-16)32-24(30-28-20)15(3)14-26-32;1-3-15(29)22-19-13(28)7-8-14(21-19)25-23-10-5-6-12-11(9-10)16-17(26-24-12)18(32-27-16)20(30)31-4-2;17-8-14-16-15(22-24-14)12-7-10(3-6-13(12)20-21-16)19-18-9-1-4-11(23)5-2-9/h6-14,33H,4-5H2,1-3H3;5-9,28H,3-4H2,1-2H3,(H,21,22,29);1-7,23H. The zero-order chi connectivity index (χ0) is 63.0. The molecule has 0 saturated heterocycles. The Bertz CT molecular complexity index is 5080. The second-order valence-corrected chi connectivity index (χ2v) is 20.9. The number of ether oxygens (including phenoxy) is 1. The Kier molecular flexibility index (Phi) is 17.5. The first kappa shape index (κ1) is 59.8. The van der Waals surface area contributed by atoms with Crippen LogP contribution in [-0.2, 0) is 9.53 Å². The van der Waals surface area contributed by atoms with Gasteiger partial charge in [0.2, 0.25) is 5.91 Å². The van der Waals surface area contributed by atoms with E-state index in [1.807, 2.05) is 57.2 Å². The molecule has 29 heteroatoms. The lowest BCUT2D eigenvalue weighted by atomic mass is 10.0. The number of amides is 2. The van der Waals surface area contributed by atoms with Crippen molar-refractivity contribution in [2.45, 2.75) is 41.0 Å². The minimum absolute atomic E-state index is 0.0118. The van der Waals surface area contributed by atoms with Crippen LogP contribution >= 0.6 is 23.1 Å². The number of pyridine rings is 1. The van der Waals surface area contributed by atoms with Crippen molar-refractivity contribution in [3.05, 3.63) is 148 Å². The highest BCUT2D eigenvalue weighted by Gasteiger charge is 2.22. The van der Waals surface area contributed by atoms with Crippen LogP contribution < -0.4 is 5.32 Å². The van der Waals surface area contributed by atoms with Gasteiger partial charge in [-0.15, -0.1) is 45.9 Å². The smallest absolute Gasteiger partial charge is 0.352 e. The number of benzene rings is 6. The number of azo groups is 3. The maximum atomic E-state index is 13.0. The molecule has 0 aliphatic carbocycles. The van der Waals surface area contributed by atoms with Crippen LogP contribution in [0.15, 0.2) is 158 Å². The van der Waals surface area contributed by atoms with Gasteiger partial charge in [0.15, 0.2) is 32.8 Å². The van der Waals surface area contributed by atoms with Crippen LogP contribution in [0.25, 0.3) is 71.3 Å². The Labute approximate surface area is 516 Å². The number of aromatic hydroxyl groups is 3. The highest BCUT2D eigenvalue weighted by Crippen LogP contribution is 2.39. The number of rotatable bonds is 13. The summed E-state index contributed by atoms with van der Waals surface area (Å²) in [5.41, 5.74) is 9.44. The maximum Gasteiger partial charge on any atom is 0.352 e. The molecule has 0 spiro atoms. The minimum Gasteiger partial charge on any atom is -0.508 e. The van der Waals surface area contributed by atoms with Crippen molar-refractivity contribution in [3.63, 3.8) is 0 Å². The number of anilines is 1. The fourth-order valence-corrected chi connectivity index (χ4v) is 10.4. The molecule has 90 heavy (non-hydrogen) atoms. The molecule has 0 aliphatic heterocycles. The summed E-state index contributed by atoms with van der Waals surface area (Å²) in [6.45, 7) is 10.5. The van der Waals surface area contributed by atoms with Gasteiger partial charge >= 0.3 is 5.97 Å². The quantitative estimate of drug-likeness (QED) is 0.0615. The van der Waals surface area contributed by atoms with Crippen LogP contribution in [0.2, 0.25) is 0 Å². The summed E-state index contributed by atoms with van der Waals surface area (Å²) < 4.78 is 15.4. The van der Waals surface area contributed by atoms with E-state index in [0.717, 1.165) is 39.5 Å². The lowest BCUT2D eigenvalue weighted by Gasteiger charge is -2.20. The number of nitrogens with zero attached hydrogens (tertiary/aromatic N) is 19. The van der Waals surface area contributed by atoms with Crippen LogP contribution in [0, 0.1) is 18.3 Å². The number of phenolic OH excluding ortho intramolecular Hbond substituents is 2. The molecule has 0 atom stereocenters. The van der Waals surface area contributed by atoms with E-state index in [1.165, 1.54) is 12.1 Å². The number of phenols is 2. The lowest BCUT2D eigenvalue weighted by Crippen LogP contribution is -2.30. The summed E-state index contributed by atoms with van der Waals surface area (Å²) in [5, 5.41) is 99.1. The number of hydrogen-bond donors (Lipinski definition) is 4. The molecule has 0 aliphatic rings. The van der Waals surface area contributed by atoms with E-state index in [2.05, 4.69) is 91.5 Å². The molecule has 0 radical (unpaired) electrons. The molecule has 0 unspecified atom stereocenters. The first-order valence-electron chi connectivity index (χ1n) is 27.6. The van der Waals surface area contributed by atoms with E-state index in [4.69, 9.17) is 10.00 Å². The van der Waals surface area contributed by atoms with Crippen molar-refractivity contribution >= 4 is 152 Å². The second kappa shape index (κ2) is 26.4. The Morgan fingerprint density at radius 2 is 1.26 bits per heavy atom. The number of hydrogen-bond acceptors (Lipinski definition) is 26. The number of fused-ring (bicyclic) bond motifs is 10. The molecule has 446 valence electrons. The number of esters is 1. The minimum atomic E-state index is -0.492. The molecule has 7 heterocycles. The summed E-state index contributed by atoms with van der Waals surface area (Å²) in [7, 11) is 0. The number of carbonyl (C=O) groups is 3. The Hall–Kier alpha value is -11.9. The molecule has 2 amide bonds. The average molecular weight is 1240 g/mol. The SMILES string of the molecule is CCN(CC)C(=O)c1cc(N=Nc2ccc3nnc4c(C)cnn4c3c2)c2ccccc2c1O.CCOC(=O)c1snc2c1nnc1ccc(N=Nc3ccc(O)c(NC(=O)CC)n3)cc12.N#Cc1snc2c1nnc1ccc(N=Nc3ccc(O)cc3)cc12. The van der Waals surface area contributed by atoms with Crippen molar-refractivity contribution in [2.24, 2.45) is 30.7 Å². The Morgan fingerprint density at radius 3 is 1.94 bits per heavy atom. The zero-order valence-electron chi connectivity index (χ0n) is 48.2. The van der Waals surface area contributed by atoms with Crippen molar-refractivity contribution in [2.75, 3.05) is 25.0 Å². The van der Waals surface area contributed by atoms with Gasteiger partial charge < -0.3 is 30.3 Å². The summed E-state index contributed by atoms with van der Waals surface area (Å²) in [6, 6.07) is 36.2. The van der Waals surface area contributed by atoms with Crippen LogP contribution in [0.3, 0.4) is 0 Å². The molecule has 13 aromatic rings. The van der Waals surface area contributed by atoms with Gasteiger partial charge in [0.1, 0.15) is 45.2 Å². The van der Waals surface area contributed by atoms with Crippen molar-refractivity contribution in [1.82, 2.24) is 58.8 Å². The normalized spacial score (nSPS) is 11.5. The van der Waals surface area contributed by atoms with Gasteiger partial charge in [-0.05, 0) is 148 Å². The molecule has 0 bridgehead atoms. The number of aryl methyl sites for hydroxylation is 1. The lowest BCUT2D eigenvalue weighted by molar-refractivity contribution is -0.115. The Balaban J connectivity index is 0.000000141. The molecule has 27 nitrogen and oxygen atoms in total. The summed E-state index contributed by atoms with van der Waals surface area (Å²) in [4.78, 5) is 43.2. The number of carbonyl (C=O) groups excluding carboxylic acids is 3. The summed E-state index contributed by atoms with van der Waals surface area (Å²) in [6.07, 6.45) is 1.99. The summed E-state index contributed by atoms with van der Waals surface area (Å²) >= 11 is 2.11. The molecule has 0 fully saturated rings.